The Bertz CT molecular complexity index is 469. The highest BCUT2D eigenvalue weighted by Crippen LogP contribution is 2.28. The van der Waals surface area contributed by atoms with Crippen molar-refractivity contribution in [3.8, 4) is 0 Å². The number of ketones is 1. The van der Waals surface area contributed by atoms with Gasteiger partial charge in [0.1, 0.15) is 0 Å². The molecule has 0 bridgehead atoms. The van der Waals surface area contributed by atoms with Gasteiger partial charge in [-0.1, -0.05) is 26.0 Å². The summed E-state index contributed by atoms with van der Waals surface area (Å²) in [5.41, 5.74) is 2.88. The van der Waals surface area contributed by atoms with Gasteiger partial charge in [0, 0.05) is 18.0 Å². The average Bonchev–Trinajstić information content (AvgIpc) is 2.62. The molecule has 1 fully saturated rings. The van der Waals surface area contributed by atoms with Gasteiger partial charge >= 0.3 is 0 Å². The van der Waals surface area contributed by atoms with Crippen molar-refractivity contribution in [1.29, 1.82) is 0 Å². The van der Waals surface area contributed by atoms with Crippen molar-refractivity contribution in [2.45, 2.75) is 26.7 Å². The van der Waals surface area contributed by atoms with Crippen molar-refractivity contribution >= 4 is 11.9 Å². The van der Waals surface area contributed by atoms with Gasteiger partial charge in [0.2, 0.25) is 0 Å². The summed E-state index contributed by atoms with van der Waals surface area (Å²) in [6.07, 6.45) is 9.28. The zero-order valence-electron chi connectivity index (χ0n) is 10.3. The molecule has 2 rings (SSSR count). The molecule has 1 heterocycles. The highest BCUT2D eigenvalue weighted by atomic mass is 16.1. The largest absolute Gasteiger partial charge is 0.289 e. The van der Waals surface area contributed by atoms with Gasteiger partial charge in [-0.2, -0.15) is 0 Å². The summed E-state index contributed by atoms with van der Waals surface area (Å²) in [6.45, 7) is 4.20. The van der Waals surface area contributed by atoms with E-state index >= 15 is 0 Å². The number of aromatic nitrogens is 1. The summed E-state index contributed by atoms with van der Waals surface area (Å²) in [5.74, 6) is 0.647. The Hall–Kier alpha value is -1.70. The van der Waals surface area contributed by atoms with Gasteiger partial charge in [0.25, 0.3) is 0 Å². The van der Waals surface area contributed by atoms with E-state index in [2.05, 4.69) is 24.9 Å². The second-order valence-corrected chi connectivity index (χ2v) is 4.72. The summed E-state index contributed by atoms with van der Waals surface area (Å²) in [4.78, 5) is 16.1. The number of allylic oxidation sites excluding steroid dienone is 3. The van der Waals surface area contributed by atoms with E-state index in [4.69, 9.17) is 0 Å². The molecule has 1 aliphatic rings. The van der Waals surface area contributed by atoms with Crippen LogP contribution in [0, 0.1) is 5.92 Å². The normalized spacial score (nSPS) is 20.8. The van der Waals surface area contributed by atoms with E-state index in [0.29, 0.717) is 5.92 Å². The Kier molecular flexibility index (Phi) is 3.52. The van der Waals surface area contributed by atoms with Gasteiger partial charge in [0.15, 0.2) is 5.78 Å². The highest BCUT2D eigenvalue weighted by Gasteiger charge is 2.22. The third-order valence-electron chi connectivity index (χ3n) is 2.81. The van der Waals surface area contributed by atoms with E-state index in [1.807, 2.05) is 18.2 Å². The molecule has 1 aliphatic carbocycles. The first-order valence-electron chi connectivity index (χ1n) is 6.03. The lowest BCUT2D eigenvalue weighted by molar-refractivity contribution is -0.111. The van der Waals surface area contributed by atoms with Gasteiger partial charge in [-0.3, -0.25) is 9.78 Å². The molecule has 1 saturated carbocycles. The fourth-order valence-electron chi connectivity index (χ4n) is 2.06. The predicted molar refractivity (Wildman–Crippen MR) is 69.4 cm³/mol. The van der Waals surface area contributed by atoms with E-state index in [9.17, 15) is 4.79 Å². The van der Waals surface area contributed by atoms with Crippen LogP contribution >= 0.6 is 0 Å². The molecular weight excluding hydrogens is 210 g/mol. The summed E-state index contributed by atoms with van der Waals surface area (Å²) >= 11 is 0. The highest BCUT2D eigenvalue weighted by molar-refractivity contribution is 6.13. The summed E-state index contributed by atoms with van der Waals surface area (Å²) in [6, 6.07) is 3.86. The molecule has 0 unspecified atom stereocenters. The first kappa shape index (κ1) is 11.8. The van der Waals surface area contributed by atoms with Gasteiger partial charge in [0.05, 0.1) is 0 Å². The van der Waals surface area contributed by atoms with Crippen LogP contribution in [-0.2, 0) is 4.79 Å². The Morgan fingerprint density at radius 3 is 2.71 bits per heavy atom. The number of rotatable bonds is 2. The maximum atomic E-state index is 12.1. The van der Waals surface area contributed by atoms with Crippen LogP contribution < -0.4 is 0 Å². The molecule has 0 spiro atoms. The van der Waals surface area contributed by atoms with Gasteiger partial charge in [-0.05, 0) is 42.0 Å². The number of carbonyl (C=O) groups is 1. The summed E-state index contributed by atoms with van der Waals surface area (Å²) in [7, 11) is 0. The molecule has 0 atom stereocenters. The van der Waals surface area contributed by atoms with Crippen molar-refractivity contribution in [3.05, 3.63) is 47.3 Å². The Morgan fingerprint density at radius 2 is 2.06 bits per heavy atom. The molecule has 0 aromatic carbocycles. The molecule has 0 aliphatic heterocycles. The summed E-state index contributed by atoms with van der Waals surface area (Å²) < 4.78 is 0. The molecular formula is C15H17NO. The number of Topliss-reactive ketones (excluding diaryl/α,β-unsaturated/α-hetero) is 1. The van der Waals surface area contributed by atoms with Crippen molar-refractivity contribution in [1.82, 2.24) is 4.98 Å². The fourth-order valence-corrected chi connectivity index (χ4v) is 2.06. The van der Waals surface area contributed by atoms with E-state index in [-0.39, 0.29) is 5.78 Å². The zero-order valence-corrected chi connectivity index (χ0v) is 10.3. The SMILES string of the molecule is CC(C)C=C1CCC(=Cc2cccnc2)C1=O. The second kappa shape index (κ2) is 5.09. The molecule has 0 saturated heterocycles. The molecule has 88 valence electrons. The van der Waals surface area contributed by atoms with Crippen LogP contribution in [0.15, 0.2) is 41.7 Å². The van der Waals surface area contributed by atoms with E-state index in [1.54, 1.807) is 12.4 Å². The molecule has 2 heteroatoms. The van der Waals surface area contributed by atoms with Crippen LogP contribution in [0.3, 0.4) is 0 Å². The molecule has 2 nitrogen and oxygen atoms in total. The van der Waals surface area contributed by atoms with Crippen LogP contribution in [0.1, 0.15) is 32.3 Å². The van der Waals surface area contributed by atoms with Gasteiger partial charge in [-0.25, -0.2) is 0 Å². The minimum atomic E-state index is 0.211. The van der Waals surface area contributed by atoms with Crippen molar-refractivity contribution in [3.63, 3.8) is 0 Å². The summed E-state index contributed by atoms with van der Waals surface area (Å²) in [5, 5.41) is 0. The first-order valence-corrected chi connectivity index (χ1v) is 6.03. The first-order chi connectivity index (χ1) is 8.16. The monoisotopic (exact) mass is 227 g/mol. The lowest BCUT2D eigenvalue weighted by Crippen LogP contribution is -1.97. The molecule has 0 radical (unpaired) electrons. The van der Waals surface area contributed by atoms with Crippen LogP contribution in [0.4, 0.5) is 0 Å². The quantitative estimate of drug-likeness (QED) is 0.725. The van der Waals surface area contributed by atoms with Crippen LogP contribution in [0.5, 0.6) is 0 Å². The molecule has 0 amide bonds. The zero-order chi connectivity index (χ0) is 12.3. The smallest absolute Gasteiger partial charge is 0.184 e. The minimum absolute atomic E-state index is 0.211. The van der Waals surface area contributed by atoms with Crippen molar-refractivity contribution in [2.75, 3.05) is 0 Å². The Labute approximate surface area is 102 Å². The number of nitrogens with zero attached hydrogens (tertiary/aromatic N) is 1. The fraction of sp³-hybridized carbons (Fsp3) is 0.333. The molecule has 1 aromatic heterocycles. The topological polar surface area (TPSA) is 30.0 Å². The van der Waals surface area contributed by atoms with Crippen LogP contribution in [0.2, 0.25) is 0 Å². The second-order valence-electron chi connectivity index (χ2n) is 4.72. The van der Waals surface area contributed by atoms with Crippen molar-refractivity contribution < 1.29 is 4.79 Å². The minimum Gasteiger partial charge on any atom is -0.289 e. The number of carbonyl (C=O) groups excluding carboxylic acids is 1. The Morgan fingerprint density at radius 1 is 1.29 bits per heavy atom. The Balaban J connectivity index is 2.21. The van der Waals surface area contributed by atoms with Crippen LogP contribution in [-0.4, -0.2) is 10.8 Å². The molecule has 17 heavy (non-hydrogen) atoms. The molecule has 1 aromatic rings. The third-order valence-corrected chi connectivity index (χ3v) is 2.81. The maximum Gasteiger partial charge on any atom is 0.184 e. The van der Waals surface area contributed by atoms with Crippen LogP contribution in [0.25, 0.3) is 6.08 Å². The standard InChI is InChI=1S/C15H17NO/c1-11(2)8-13-5-6-14(15(13)17)9-12-4-3-7-16-10-12/h3-4,7-11H,5-6H2,1-2H3. The van der Waals surface area contributed by atoms with E-state index in [0.717, 1.165) is 29.6 Å². The number of hydrogen-bond acceptors (Lipinski definition) is 2. The number of pyridine rings is 1. The third kappa shape index (κ3) is 2.90. The molecule has 0 N–H and O–H groups in total. The number of hydrogen-bond donors (Lipinski definition) is 0. The van der Waals surface area contributed by atoms with E-state index in [1.165, 1.54) is 0 Å². The average molecular weight is 227 g/mol. The maximum absolute atomic E-state index is 12.1. The van der Waals surface area contributed by atoms with E-state index < -0.39 is 0 Å². The van der Waals surface area contributed by atoms with Gasteiger partial charge in [-0.15, -0.1) is 0 Å². The van der Waals surface area contributed by atoms with Gasteiger partial charge < -0.3 is 0 Å². The predicted octanol–water partition coefficient (Wildman–Crippen LogP) is 3.41. The lowest BCUT2D eigenvalue weighted by atomic mass is 10.1. The van der Waals surface area contributed by atoms with Crippen molar-refractivity contribution in [2.24, 2.45) is 5.92 Å². The lowest BCUT2D eigenvalue weighted by Gasteiger charge is -1.98.